The highest BCUT2D eigenvalue weighted by atomic mass is 19.4. The number of nitrogens with zero attached hydrogens (tertiary/aromatic N) is 1. The van der Waals surface area contributed by atoms with Crippen LogP contribution in [0.2, 0.25) is 0 Å². The van der Waals surface area contributed by atoms with Gasteiger partial charge in [0.2, 0.25) is 0 Å². The van der Waals surface area contributed by atoms with Gasteiger partial charge in [-0.25, -0.2) is 4.79 Å². The van der Waals surface area contributed by atoms with E-state index in [-0.39, 0.29) is 17.9 Å². The van der Waals surface area contributed by atoms with Crippen molar-refractivity contribution in [2.75, 3.05) is 20.3 Å². The van der Waals surface area contributed by atoms with Gasteiger partial charge in [0.15, 0.2) is 0 Å². The maximum atomic E-state index is 14.3. The summed E-state index contributed by atoms with van der Waals surface area (Å²) in [4.78, 5) is 28.8. The first-order valence-electron chi connectivity index (χ1n) is 14.7. The molecule has 0 spiro atoms. The maximum Gasteiger partial charge on any atom is 0.416 e. The second kappa shape index (κ2) is 12.0. The molecule has 5 rings (SSSR count). The summed E-state index contributed by atoms with van der Waals surface area (Å²) in [6, 6.07) is 6.28. The number of carboxylic acid groups (broad SMARTS) is 1. The van der Waals surface area contributed by atoms with Crippen molar-refractivity contribution < 1.29 is 42.1 Å². The molecule has 8 nitrogen and oxygen atoms in total. The molecule has 0 bridgehead atoms. The third-order valence-electron chi connectivity index (χ3n) is 8.83. The van der Waals surface area contributed by atoms with Crippen molar-refractivity contribution in [3.63, 3.8) is 0 Å². The molecule has 0 aromatic heterocycles. The fourth-order valence-corrected chi connectivity index (χ4v) is 6.95. The van der Waals surface area contributed by atoms with Crippen LogP contribution < -0.4 is 14.8 Å². The van der Waals surface area contributed by atoms with E-state index in [0.717, 1.165) is 30.5 Å². The van der Waals surface area contributed by atoms with Gasteiger partial charge in [-0.3, -0.25) is 4.79 Å². The number of carboxylic acids is 1. The van der Waals surface area contributed by atoms with Crippen LogP contribution in [0.5, 0.6) is 11.5 Å². The molecule has 2 N–H and O–H groups in total. The summed E-state index contributed by atoms with van der Waals surface area (Å²) in [5.74, 6) is -1.29. The van der Waals surface area contributed by atoms with E-state index in [1.165, 1.54) is 18.1 Å². The van der Waals surface area contributed by atoms with Crippen LogP contribution in [0.15, 0.2) is 36.4 Å². The predicted molar refractivity (Wildman–Crippen MR) is 152 cm³/mol. The van der Waals surface area contributed by atoms with Crippen molar-refractivity contribution in [2.24, 2.45) is 11.3 Å². The molecular formula is C32H39F3N2O6. The highest BCUT2D eigenvalue weighted by Gasteiger charge is 2.59. The monoisotopic (exact) mass is 604 g/mol. The van der Waals surface area contributed by atoms with E-state index >= 15 is 0 Å². The number of rotatable bonds is 7. The van der Waals surface area contributed by atoms with E-state index in [2.05, 4.69) is 5.32 Å². The Morgan fingerprint density at radius 3 is 2.51 bits per heavy atom. The number of carbonyl (C=O) groups excluding carboxylic acids is 1. The minimum atomic E-state index is -4.55. The summed E-state index contributed by atoms with van der Waals surface area (Å²) in [6.07, 6.45) is -2.56. The first kappa shape index (κ1) is 31.1. The molecule has 0 saturated carbocycles. The van der Waals surface area contributed by atoms with Crippen molar-refractivity contribution >= 4 is 11.9 Å². The Kier molecular flexibility index (Phi) is 8.68. The molecule has 234 valence electrons. The number of para-hydroxylation sites is 1. The maximum absolute atomic E-state index is 14.3. The van der Waals surface area contributed by atoms with E-state index in [0.29, 0.717) is 37.4 Å². The van der Waals surface area contributed by atoms with Gasteiger partial charge in [0.05, 0.1) is 25.3 Å². The summed E-state index contributed by atoms with van der Waals surface area (Å²) < 4.78 is 58.2. The van der Waals surface area contributed by atoms with Gasteiger partial charge in [0.1, 0.15) is 23.6 Å². The van der Waals surface area contributed by atoms with Gasteiger partial charge in [-0.15, -0.1) is 0 Å². The lowest BCUT2D eigenvalue weighted by molar-refractivity contribution is -0.159. The number of hydrogen-bond acceptors (Lipinski definition) is 6. The molecule has 0 radical (unpaired) electrons. The molecule has 2 saturated heterocycles. The molecule has 0 aliphatic carbocycles. The van der Waals surface area contributed by atoms with Crippen molar-refractivity contribution in [2.45, 2.75) is 83.4 Å². The Bertz CT molecular complexity index is 1350. The molecule has 5 atom stereocenters. The minimum absolute atomic E-state index is 0.0506. The van der Waals surface area contributed by atoms with Crippen molar-refractivity contribution in [1.29, 1.82) is 0 Å². The van der Waals surface area contributed by atoms with Crippen molar-refractivity contribution in [3.8, 4) is 11.5 Å². The molecule has 11 heteroatoms. The van der Waals surface area contributed by atoms with E-state index < -0.39 is 59.2 Å². The Morgan fingerprint density at radius 2 is 1.88 bits per heavy atom. The van der Waals surface area contributed by atoms with Crippen LogP contribution in [0.4, 0.5) is 13.2 Å². The number of ether oxygens (including phenoxy) is 3. The van der Waals surface area contributed by atoms with Crippen LogP contribution in [0.1, 0.15) is 68.3 Å². The lowest BCUT2D eigenvalue weighted by atomic mass is 9.72. The Hall–Kier alpha value is -3.31. The van der Waals surface area contributed by atoms with E-state index in [1.54, 1.807) is 0 Å². The Balaban J connectivity index is 1.64. The molecule has 3 heterocycles. The summed E-state index contributed by atoms with van der Waals surface area (Å²) in [7, 11) is 1.39. The molecule has 2 aromatic carbocycles. The second-order valence-electron chi connectivity index (χ2n) is 12.6. The Morgan fingerprint density at radius 1 is 1.12 bits per heavy atom. The summed E-state index contributed by atoms with van der Waals surface area (Å²) in [6.45, 7) is 6.58. The second-order valence-corrected chi connectivity index (χ2v) is 12.6. The smallest absolute Gasteiger partial charge is 0.416 e. The quantitative estimate of drug-likeness (QED) is 0.438. The van der Waals surface area contributed by atoms with Gasteiger partial charge >= 0.3 is 12.1 Å². The van der Waals surface area contributed by atoms with Gasteiger partial charge in [0.25, 0.3) is 5.91 Å². The number of methoxy groups -OCH3 is 1. The van der Waals surface area contributed by atoms with Crippen LogP contribution in [0, 0.1) is 11.3 Å². The highest BCUT2D eigenvalue weighted by molar-refractivity contribution is 5.88. The van der Waals surface area contributed by atoms with Crippen molar-refractivity contribution in [3.05, 3.63) is 58.7 Å². The topological polar surface area (TPSA) is 97.3 Å². The molecular weight excluding hydrogens is 565 g/mol. The molecule has 0 unspecified atom stereocenters. The fraction of sp³-hybridized carbons (Fsp3) is 0.562. The summed E-state index contributed by atoms with van der Waals surface area (Å²) in [5.41, 5.74) is 0.460. The van der Waals surface area contributed by atoms with Gasteiger partial charge < -0.3 is 29.5 Å². The standard InChI is InChI=1S/C32H39F3N2O6/c1-31(2,3)24-25(36-17-19-16-20(32(33,34)35)11-12-22(19)41-4)26(21-9-7-8-18-13-15-43-28(18)21)37(27(24)30(39)40)29(38)23-10-5-6-14-42-23/h7-9,11-12,16,23-27,36H,5-6,10,13-15,17H2,1-4H3,(H,39,40)/t23-,24-,25-,26-,27-/m0/s1. The van der Waals surface area contributed by atoms with E-state index in [9.17, 15) is 27.9 Å². The zero-order valence-electron chi connectivity index (χ0n) is 24.9. The van der Waals surface area contributed by atoms with Gasteiger partial charge in [-0.05, 0) is 48.4 Å². The third kappa shape index (κ3) is 6.06. The number of nitrogens with one attached hydrogen (secondary N) is 1. The van der Waals surface area contributed by atoms with Gasteiger partial charge in [-0.2, -0.15) is 13.2 Å². The molecule has 43 heavy (non-hydrogen) atoms. The number of benzene rings is 2. The predicted octanol–water partition coefficient (Wildman–Crippen LogP) is 5.38. The number of halogens is 3. The van der Waals surface area contributed by atoms with Crippen LogP contribution in [0.25, 0.3) is 0 Å². The molecule has 1 amide bonds. The summed E-state index contributed by atoms with van der Waals surface area (Å²) in [5, 5.41) is 14.1. The molecule has 2 fully saturated rings. The van der Waals surface area contributed by atoms with E-state index in [4.69, 9.17) is 14.2 Å². The van der Waals surface area contributed by atoms with Crippen LogP contribution in [0.3, 0.4) is 0 Å². The lowest BCUT2D eigenvalue weighted by Crippen LogP contribution is -2.51. The molecule has 3 aliphatic heterocycles. The van der Waals surface area contributed by atoms with Crippen LogP contribution >= 0.6 is 0 Å². The van der Waals surface area contributed by atoms with Crippen LogP contribution in [-0.2, 0) is 33.5 Å². The average Bonchev–Trinajstić information content (AvgIpc) is 3.58. The number of amides is 1. The Labute approximate surface area is 249 Å². The average molecular weight is 605 g/mol. The number of alkyl halides is 3. The van der Waals surface area contributed by atoms with E-state index in [1.807, 2.05) is 39.0 Å². The zero-order valence-corrected chi connectivity index (χ0v) is 24.9. The molecule has 2 aromatic rings. The fourth-order valence-electron chi connectivity index (χ4n) is 6.95. The normalized spacial score (nSPS) is 25.7. The highest BCUT2D eigenvalue weighted by Crippen LogP contribution is 2.51. The number of likely N-dealkylation sites (tertiary alicyclic amines) is 1. The first-order chi connectivity index (χ1) is 20.3. The third-order valence-corrected chi connectivity index (χ3v) is 8.83. The minimum Gasteiger partial charge on any atom is -0.496 e. The zero-order chi connectivity index (χ0) is 31.1. The number of fused-ring (bicyclic) bond motifs is 1. The molecule has 3 aliphatic rings. The largest absolute Gasteiger partial charge is 0.496 e. The summed E-state index contributed by atoms with van der Waals surface area (Å²) >= 11 is 0. The van der Waals surface area contributed by atoms with Crippen molar-refractivity contribution in [1.82, 2.24) is 10.2 Å². The van der Waals surface area contributed by atoms with Gasteiger partial charge in [0, 0.05) is 42.7 Å². The number of carbonyl (C=O) groups is 2. The SMILES string of the molecule is COc1ccc(C(F)(F)F)cc1CN[C@H]1[C@H](C(C)(C)C)[C@@H](C(=O)O)N(C(=O)[C@@H]2CCCCO2)[C@H]1c1cccc2c1OCC2. The first-order valence-corrected chi connectivity index (χ1v) is 14.7. The number of aliphatic carboxylic acids is 1. The lowest BCUT2D eigenvalue weighted by Gasteiger charge is -2.36. The van der Waals surface area contributed by atoms with Gasteiger partial charge in [-0.1, -0.05) is 39.0 Å². The van der Waals surface area contributed by atoms with Crippen LogP contribution in [-0.4, -0.2) is 60.4 Å². The number of hydrogen-bond donors (Lipinski definition) is 2.